The Morgan fingerprint density at radius 1 is 1.29 bits per heavy atom. The number of aliphatic carboxylic acids is 1. The van der Waals surface area contributed by atoms with Crippen molar-refractivity contribution in [3.63, 3.8) is 0 Å². The van der Waals surface area contributed by atoms with Gasteiger partial charge in [-0.3, -0.25) is 19.4 Å². The molecule has 14 heteroatoms. The Labute approximate surface area is 224 Å². The molecule has 1 amide bonds. The Bertz CT molecular complexity index is 1090. The van der Waals surface area contributed by atoms with E-state index in [2.05, 4.69) is 36.0 Å². The number of rotatable bonds is 9. The number of nitrogen functional groups attached to an aromatic ring is 1. The molecule has 2 atom stereocenters. The molecule has 0 saturated carbocycles. The molecule has 2 heterocycles. The van der Waals surface area contributed by atoms with Crippen molar-refractivity contribution in [3.8, 4) is 0 Å². The maximum absolute atomic E-state index is 12.4. The van der Waals surface area contributed by atoms with Gasteiger partial charge in [-0.15, -0.1) is 0 Å². The molecule has 13 nitrogen and oxygen atoms in total. The van der Waals surface area contributed by atoms with Gasteiger partial charge in [0, 0.05) is 30.8 Å². The number of ether oxygens (including phenoxy) is 1. The summed E-state index contributed by atoms with van der Waals surface area (Å²) in [5.41, 5.74) is 6.48. The Morgan fingerprint density at radius 3 is 2.65 bits per heavy atom. The number of amides is 1. The normalized spacial score (nSPS) is 14.8. The van der Waals surface area contributed by atoms with Crippen LogP contribution in [-0.2, 0) is 14.3 Å². The second-order valence-corrected chi connectivity index (χ2v) is 7.33. The summed E-state index contributed by atoms with van der Waals surface area (Å²) in [6.07, 6.45) is -0.204. The quantitative estimate of drug-likeness (QED) is 0.162. The zero-order valence-corrected chi connectivity index (χ0v) is 17.8. The number of carboxylic acids is 1. The van der Waals surface area contributed by atoms with Crippen molar-refractivity contribution in [2.45, 2.75) is 24.9 Å². The van der Waals surface area contributed by atoms with Gasteiger partial charge in [-0.2, -0.15) is 4.98 Å². The molecule has 1 aromatic heterocycles. The van der Waals surface area contributed by atoms with Gasteiger partial charge in [0.2, 0.25) is 5.95 Å². The van der Waals surface area contributed by atoms with Crippen LogP contribution in [0.5, 0.6) is 0 Å². The van der Waals surface area contributed by atoms with Crippen LogP contribution in [0.2, 0.25) is 0 Å². The van der Waals surface area contributed by atoms with E-state index in [1.165, 1.54) is 7.11 Å². The summed E-state index contributed by atoms with van der Waals surface area (Å²) >= 11 is 0. The standard InChI is InChI=1S/C20H25N7O6.Ca.2H/c1-33-14(28)7-6-13(19(31)32)25-17(29)10-2-4-11(5-3-10)22-8-12-9-23-16-15(24-12)18(30)27-20(21)26-16;;;/h2-5,12-13,22,24H,6-9H2,1H3,(H,25,29)(H,31,32)(H4,21,23,26,27,30);;;. The molecule has 0 fully saturated rings. The zero-order chi connectivity index (χ0) is 24.0. The first kappa shape index (κ1) is 27.2. The number of hydrogen-bond donors (Lipinski definition) is 7. The van der Waals surface area contributed by atoms with Gasteiger partial charge in [-0.1, -0.05) is 0 Å². The number of carbonyl (C=O) groups excluding carboxylic acids is 2. The molecular formula is C20H27CaN7O6. The number of methoxy groups -OCH3 is 1. The first-order chi connectivity index (χ1) is 15.8. The third-order valence-electron chi connectivity index (χ3n) is 4.97. The van der Waals surface area contributed by atoms with Gasteiger partial charge in [-0.25, -0.2) is 4.79 Å². The van der Waals surface area contributed by atoms with Gasteiger partial charge in [0.15, 0.2) is 5.82 Å². The zero-order valence-electron chi connectivity index (χ0n) is 17.8. The van der Waals surface area contributed by atoms with Crippen molar-refractivity contribution >= 4 is 78.7 Å². The number of aromatic nitrogens is 2. The second-order valence-electron chi connectivity index (χ2n) is 7.33. The Hall–Kier alpha value is -3.03. The van der Waals surface area contributed by atoms with Gasteiger partial charge in [-0.05, 0) is 30.7 Å². The van der Waals surface area contributed by atoms with Crippen LogP contribution >= 0.6 is 0 Å². The van der Waals surface area contributed by atoms with Gasteiger partial charge >= 0.3 is 49.7 Å². The van der Waals surface area contributed by atoms with E-state index in [0.29, 0.717) is 24.6 Å². The van der Waals surface area contributed by atoms with Crippen LogP contribution in [0, 0.1) is 0 Å². The van der Waals surface area contributed by atoms with Crippen molar-refractivity contribution in [1.82, 2.24) is 15.3 Å². The molecule has 180 valence electrons. The summed E-state index contributed by atoms with van der Waals surface area (Å²) in [6.45, 7) is 0.981. The van der Waals surface area contributed by atoms with E-state index in [1.807, 2.05) is 0 Å². The third-order valence-corrected chi connectivity index (χ3v) is 4.97. The Morgan fingerprint density at radius 2 is 2.00 bits per heavy atom. The average Bonchev–Trinajstić information content (AvgIpc) is 2.80. The predicted molar refractivity (Wildman–Crippen MR) is 129 cm³/mol. The molecule has 0 aliphatic carbocycles. The number of nitrogens with two attached hydrogens (primary N) is 1. The molecule has 3 rings (SSSR count). The van der Waals surface area contributed by atoms with Crippen molar-refractivity contribution in [2.75, 3.05) is 41.9 Å². The second kappa shape index (κ2) is 12.4. The molecule has 0 spiro atoms. The summed E-state index contributed by atoms with van der Waals surface area (Å²) in [6, 6.07) is 5.14. The first-order valence-corrected chi connectivity index (χ1v) is 10.1. The van der Waals surface area contributed by atoms with E-state index in [0.717, 1.165) is 5.69 Å². The Kier molecular flexibility index (Phi) is 9.96. The van der Waals surface area contributed by atoms with Crippen LogP contribution in [-0.4, -0.2) is 103 Å². The number of nitrogens with zero attached hydrogens (tertiary/aromatic N) is 1. The summed E-state index contributed by atoms with van der Waals surface area (Å²) in [4.78, 5) is 53.5. The number of carboxylic acid groups (broad SMARTS) is 1. The Balaban J connectivity index is 0.00000408. The van der Waals surface area contributed by atoms with E-state index in [4.69, 9.17) is 5.73 Å². The molecule has 0 bridgehead atoms. The summed E-state index contributed by atoms with van der Waals surface area (Å²) in [5.74, 6) is -1.93. The molecule has 1 aromatic carbocycles. The van der Waals surface area contributed by atoms with E-state index in [9.17, 15) is 24.3 Å². The number of fused-ring (bicyclic) bond motifs is 1. The summed E-state index contributed by atoms with van der Waals surface area (Å²) < 4.78 is 4.49. The van der Waals surface area contributed by atoms with E-state index < -0.39 is 23.9 Å². The van der Waals surface area contributed by atoms with Crippen molar-refractivity contribution in [2.24, 2.45) is 0 Å². The molecule has 1 aliphatic heterocycles. The van der Waals surface area contributed by atoms with Crippen LogP contribution in [0.3, 0.4) is 0 Å². The summed E-state index contributed by atoms with van der Waals surface area (Å²) in [5, 5.41) is 21.0. The fourth-order valence-corrected chi connectivity index (χ4v) is 3.19. The van der Waals surface area contributed by atoms with E-state index in [-0.39, 0.29) is 73.7 Å². The number of H-pyrrole nitrogens is 1. The van der Waals surface area contributed by atoms with Crippen LogP contribution in [0.25, 0.3) is 0 Å². The van der Waals surface area contributed by atoms with Crippen LogP contribution in [0.1, 0.15) is 23.2 Å². The van der Waals surface area contributed by atoms with Crippen LogP contribution < -0.4 is 32.6 Å². The number of carbonyl (C=O) groups is 3. The minimum absolute atomic E-state index is 0. The van der Waals surface area contributed by atoms with Crippen molar-refractivity contribution in [1.29, 1.82) is 0 Å². The number of hydrogen-bond acceptors (Lipinski definition) is 10. The van der Waals surface area contributed by atoms with E-state index in [1.54, 1.807) is 24.3 Å². The van der Waals surface area contributed by atoms with Gasteiger partial charge in [0.1, 0.15) is 11.7 Å². The van der Waals surface area contributed by atoms with Crippen LogP contribution in [0.15, 0.2) is 29.1 Å². The number of nitrogens with one attached hydrogen (secondary N) is 5. The number of benzene rings is 1. The topological polar surface area (TPSA) is 201 Å². The third kappa shape index (κ3) is 7.23. The van der Waals surface area contributed by atoms with E-state index >= 15 is 0 Å². The number of esters is 1. The number of aromatic amines is 1. The molecule has 0 saturated heterocycles. The molecular weight excluding hydrogens is 474 g/mol. The molecule has 2 unspecified atom stereocenters. The first-order valence-electron chi connectivity index (χ1n) is 10.1. The molecule has 8 N–H and O–H groups in total. The van der Waals surface area contributed by atoms with Crippen LogP contribution in [0.4, 0.5) is 23.1 Å². The maximum atomic E-state index is 12.4. The van der Waals surface area contributed by atoms with Gasteiger partial charge < -0.3 is 36.8 Å². The fourth-order valence-electron chi connectivity index (χ4n) is 3.19. The average molecular weight is 502 g/mol. The molecule has 1 aliphatic rings. The minimum atomic E-state index is -1.24. The number of anilines is 4. The summed E-state index contributed by atoms with van der Waals surface area (Å²) in [7, 11) is 1.21. The fraction of sp³-hybridized carbons (Fsp3) is 0.350. The SMILES string of the molecule is COC(=O)CCC(NC(=O)c1ccc(NCC2CNc3nc(N)[nH]c(=O)c3N2)cc1)C(=O)O.[CaH2]. The van der Waals surface area contributed by atoms with Crippen molar-refractivity contribution in [3.05, 3.63) is 40.2 Å². The predicted octanol–water partition coefficient (Wildman–Crippen LogP) is -1.11. The molecule has 2 aromatic rings. The van der Waals surface area contributed by atoms with Gasteiger partial charge in [0.25, 0.3) is 11.5 Å². The van der Waals surface area contributed by atoms with Crippen molar-refractivity contribution < 1.29 is 24.2 Å². The van der Waals surface area contributed by atoms with Gasteiger partial charge in [0.05, 0.1) is 13.2 Å². The molecule has 34 heavy (non-hydrogen) atoms. The molecule has 0 radical (unpaired) electrons. The monoisotopic (exact) mass is 501 g/mol.